The molecule has 0 saturated carbocycles. The molecule has 10 nitrogen and oxygen atoms in total. The van der Waals surface area contributed by atoms with Gasteiger partial charge in [-0.2, -0.15) is 0 Å². The molecule has 0 unspecified atom stereocenters. The number of Topliss-reactive ketones (excluding diaryl/α,β-unsaturated/α-hetero) is 1. The van der Waals surface area contributed by atoms with Crippen molar-refractivity contribution < 1.29 is 48.4 Å². The average molecular weight is 889 g/mol. The van der Waals surface area contributed by atoms with Crippen molar-refractivity contribution in [2.45, 2.75) is 69.2 Å². The minimum atomic E-state index is -1.11. The number of carboxylic acids is 1. The minimum Gasteiger partial charge on any atom is -0.507 e. The van der Waals surface area contributed by atoms with Crippen LogP contribution in [0.5, 0.6) is 23.0 Å². The summed E-state index contributed by atoms with van der Waals surface area (Å²) in [6.07, 6.45) is 0. The summed E-state index contributed by atoms with van der Waals surface area (Å²) >= 11 is 1.78. The minimum absolute atomic E-state index is 0.0248. The van der Waals surface area contributed by atoms with Crippen LogP contribution in [0, 0.1) is 41.5 Å². The number of ketones is 1. The Kier molecular flexibility index (Phi) is 12.3. The third-order valence-electron chi connectivity index (χ3n) is 11.9. The highest BCUT2D eigenvalue weighted by atomic mass is 32.1. The molecule has 65 heavy (non-hydrogen) atoms. The number of ether oxygens (including phenoxy) is 2. The van der Waals surface area contributed by atoms with Gasteiger partial charge < -0.3 is 29.2 Å². The molecular weight excluding hydrogens is 841 g/mol. The molecule has 0 fully saturated rings. The molecule has 0 saturated heterocycles. The number of hydrogen-bond acceptors (Lipinski definition) is 10. The first-order valence-corrected chi connectivity index (χ1v) is 21.6. The van der Waals surface area contributed by atoms with Crippen molar-refractivity contribution in [3.8, 4) is 23.0 Å². The van der Waals surface area contributed by atoms with E-state index in [0.29, 0.717) is 32.9 Å². The van der Waals surface area contributed by atoms with Gasteiger partial charge in [0.15, 0.2) is 5.78 Å². The summed E-state index contributed by atoms with van der Waals surface area (Å²) in [5.41, 5.74) is 8.33. The van der Waals surface area contributed by atoms with Crippen molar-refractivity contribution in [3.63, 3.8) is 0 Å². The van der Waals surface area contributed by atoms with Crippen LogP contribution in [0.25, 0.3) is 69.7 Å². The number of esters is 2. The standard InChI is InChI=1S/C21H18O6.C18H16O3.C15H14OS/c1-10-15-6-5-7-17(26-12(3)22)19(15)11(2)20-16(10)8-14(21(24)25)9-18(20)27-13(4)23;1-9-13-5-4-6-15(20)17(13)10(2)18-14(9)7-12(11(3)19)8-16(18)21;1-8(2)13-7-12-9(3)11-5-6-17-15(11)10(4)14(12)16-13/h5-9H,1-4H3,(H,24,25);4-8,20-21H,1-3H3;5-7H,1H2,2-4H3. The number of aromatic hydroxyl groups is 2. The van der Waals surface area contributed by atoms with Crippen LogP contribution >= 0.6 is 11.3 Å². The molecule has 2 heterocycles. The molecule has 0 atom stereocenters. The van der Waals surface area contributed by atoms with Gasteiger partial charge in [0, 0.05) is 56.6 Å². The number of aromatic carboxylic acids is 1. The highest BCUT2D eigenvalue weighted by molar-refractivity contribution is 7.17. The third-order valence-corrected chi connectivity index (χ3v) is 12.9. The Morgan fingerprint density at radius 2 is 1.09 bits per heavy atom. The zero-order chi connectivity index (χ0) is 47.3. The highest BCUT2D eigenvalue weighted by Gasteiger charge is 2.21. The second kappa shape index (κ2) is 17.6. The Morgan fingerprint density at radius 3 is 1.71 bits per heavy atom. The van der Waals surface area contributed by atoms with Crippen LogP contribution < -0.4 is 9.47 Å². The summed E-state index contributed by atoms with van der Waals surface area (Å²) < 4.78 is 17.9. The van der Waals surface area contributed by atoms with E-state index in [1.165, 1.54) is 59.5 Å². The number of benzene rings is 7. The zero-order valence-corrected chi connectivity index (χ0v) is 38.6. The van der Waals surface area contributed by atoms with Crippen molar-refractivity contribution >= 4 is 105 Å². The van der Waals surface area contributed by atoms with Crippen molar-refractivity contribution in [1.82, 2.24) is 0 Å². The number of carbonyl (C=O) groups is 4. The van der Waals surface area contributed by atoms with Crippen LogP contribution in [0.1, 0.15) is 87.6 Å². The van der Waals surface area contributed by atoms with E-state index in [4.69, 9.17) is 13.9 Å². The lowest BCUT2D eigenvalue weighted by atomic mass is 9.90. The number of furan rings is 1. The van der Waals surface area contributed by atoms with Crippen LogP contribution in [-0.2, 0) is 9.59 Å². The molecule has 0 spiro atoms. The Morgan fingerprint density at radius 1 is 0.554 bits per heavy atom. The van der Waals surface area contributed by atoms with E-state index in [0.717, 1.165) is 60.7 Å². The van der Waals surface area contributed by atoms with E-state index in [1.807, 2.05) is 52.8 Å². The number of carboxylic acid groups (broad SMARTS) is 1. The van der Waals surface area contributed by atoms with Gasteiger partial charge in [0.2, 0.25) is 0 Å². The molecule has 0 bridgehead atoms. The fourth-order valence-corrected chi connectivity index (χ4v) is 9.69. The highest BCUT2D eigenvalue weighted by Crippen LogP contribution is 2.43. The smallest absolute Gasteiger partial charge is 0.335 e. The lowest BCUT2D eigenvalue weighted by molar-refractivity contribution is -0.132. The Labute approximate surface area is 378 Å². The summed E-state index contributed by atoms with van der Waals surface area (Å²) in [6.45, 7) is 21.8. The SMILES string of the molecule is C=C(C)c1cc2c(C)c3ccsc3c(C)c2o1.CC(=O)Oc1cccc2c(C)c3cc(C(=O)O)cc(OC(C)=O)c3c(C)c12.CC(=O)c1cc(O)c2c(C)c3c(O)cccc3c(C)c2c1. The van der Waals surface area contributed by atoms with Gasteiger partial charge in [0.05, 0.1) is 5.56 Å². The van der Waals surface area contributed by atoms with Gasteiger partial charge in [0.25, 0.3) is 0 Å². The van der Waals surface area contributed by atoms with Gasteiger partial charge in [-0.25, -0.2) is 4.79 Å². The molecule has 9 rings (SSSR count). The molecule has 3 N–H and O–H groups in total. The molecule has 0 radical (unpaired) electrons. The van der Waals surface area contributed by atoms with Crippen molar-refractivity contribution in [1.29, 1.82) is 0 Å². The monoisotopic (exact) mass is 888 g/mol. The number of aryl methyl sites for hydroxylation is 6. The van der Waals surface area contributed by atoms with Crippen LogP contribution in [0.3, 0.4) is 0 Å². The van der Waals surface area contributed by atoms with Crippen LogP contribution in [-0.4, -0.2) is 39.0 Å². The van der Waals surface area contributed by atoms with Crippen molar-refractivity contribution in [2.75, 3.05) is 0 Å². The largest absolute Gasteiger partial charge is 0.507 e. The van der Waals surface area contributed by atoms with Crippen LogP contribution in [0.4, 0.5) is 0 Å². The summed E-state index contributed by atoms with van der Waals surface area (Å²) in [4.78, 5) is 46.2. The molecule has 0 aliphatic heterocycles. The van der Waals surface area contributed by atoms with Crippen LogP contribution in [0.2, 0.25) is 0 Å². The van der Waals surface area contributed by atoms with Crippen LogP contribution in [0.15, 0.2) is 89.2 Å². The first kappa shape index (κ1) is 45.5. The number of hydrogen-bond donors (Lipinski definition) is 3. The number of phenolic OH excluding ortho intramolecular Hbond substituents is 2. The first-order chi connectivity index (χ1) is 30.7. The van der Waals surface area contributed by atoms with E-state index in [9.17, 15) is 34.5 Å². The van der Waals surface area contributed by atoms with Crippen molar-refractivity contribution in [2.24, 2.45) is 0 Å². The second-order valence-electron chi connectivity index (χ2n) is 16.3. The average Bonchev–Trinajstić information content (AvgIpc) is 3.93. The number of fused-ring (bicyclic) bond motifs is 6. The quantitative estimate of drug-likeness (QED) is 0.0656. The zero-order valence-electron chi connectivity index (χ0n) is 37.8. The fourth-order valence-electron chi connectivity index (χ4n) is 8.74. The molecular formula is C54H48O10S. The molecule has 7 aromatic carbocycles. The van der Waals surface area contributed by atoms with E-state index < -0.39 is 17.9 Å². The maximum Gasteiger partial charge on any atom is 0.335 e. The van der Waals surface area contributed by atoms with Gasteiger partial charge in [-0.3, -0.25) is 14.4 Å². The number of rotatable bonds is 5. The Balaban J connectivity index is 0.000000149. The number of carbonyl (C=O) groups excluding carboxylic acids is 3. The van der Waals surface area contributed by atoms with Crippen molar-refractivity contribution in [3.05, 3.63) is 135 Å². The first-order valence-electron chi connectivity index (χ1n) is 20.8. The molecule has 330 valence electrons. The lowest BCUT2D eigenvalue weighted by Gasteiger charge is -2.17. The molecule has 0 aliphatic carbocycles. The topological polar surface area (TPSA) is 161 Å². The van der Waals surface area contributed by atoms with Gasteiger partial charge in [0.1, 0.15) is 34.3 Å². The summed E-state index contributed by atoms with van der Waals surface area (Å²) in [6, 6.07) is 21.2. The number of allylic oxidation sites excluding steroid dienone is 1. The third kappa shape index (κ3) is 8.26. The molecule has 11 heteroatoms. The van der Waals surface area contributed by atoms with E-state index in [1.54, 1.807) is 41.7 Å². The normalized spacial score (nSPS) is 11.1. The predicted molar refractivity (Wildman–Crippen MR) is 261 cm³/mol. The molecule has 9 aromatic rings. The summed E-state index contributed by atoms with van der Waals surface area (Å²) in [5, 5.41) is 40.6. The Hall–Kier alpha value is -7.50. The molecule has 2 aromatic heterocycles. The lowest BCUT2D eigenvalue weighted by Crippen LogP contribution is -2.06. The second-order valence-corrected chi connectivity index (χ2v) is 17.2. The fraction of sp³-hybridized carbons (Fsp3) is 0.185. The maximum absolute atomic E-state index is 11.6. The van der Waals surface area contributed by atoms with E-state index in [-0.39, 0.29) is 28.6 Å². The van der Waals surface area contributed by atoms with Gasteiger partial charge >= 0.3 is 17.9 Å². The number of phenols is 2. The summed E-state index contributed by atoms with van der Waals surface area (Å²) in [7, 11) is 0. The van der Waals surface area contributed by atoms with Gasteiger partial charge in [-0.1, -0.05) is 30.8 Å². The summed E-state index contributed by atoms with van der Waals surface area (Å²) in [5.74, 6) is -0.463. The van der Waals surface area contributed by atoms with E-state index >= 15 is 0 Å². The number of thiophene rings is 1. The molecule has 0 aliphatic rings. The predicted octanol–water partition coefficient (Wildman–Crippen LogP) is 13.7. The van der Waals surface area contributed by atoms with Gasteiger partial charge in [-0.05, 0) is 170 Å². The Bertz CT molecular complexity index is 3460. The van der Waals surface area contributed by atoms with E-state index in [2.05, 4.69) is 37.9 Å². The molecule has 0 amide bonds. The maximum atomic E-state index is 11.6. The van der Waals surface area contributed by atoms with Gasteiger partial charge in [-0.15, -0.1) is 11.3 Å².